The lowest BCUT2D eigenvalue weighted by Gasteiger charge is -2.36. The largest absolute Gasteiger partial charge is 0.573 e. The van der Waals surface area contributed by atoms with Gasteiger partial charge >= 0.3 is 6.36 Å². The van der Waals surface area contributed by atoms with Gasteiger partial charge in [0.1, 0.15) is 0 Å². The molecule has 0 amide bonds. The van der Waals surface area contributed by atoms with Crippen LogP contribution in [0.4, 0.5) is 23.2 Å². The van der Waals surface area contributed by atoms with Gasteiger partial charge in [-0.25, -0.2) is 4.39 Å². The molecular formula is C14H18F4N2O. The van der Waals surface area contributed by atoms with Gasteiger partial charge in [0.15, 0.2) is 11.6 Å². The molecule has 0 saturated carbocycles. The molecule has 1 aliphatic rings. The molecule has 1 saturated heterocycles. The number of anilines is 1. The molecule has 7 heteroatoms. The third-order valence-electron chi connectivity index (χ3n) is 3.42. The molecule has 0 N–H and O–H groups in total. The van der Waals surface area contributed by atoms with Gasteiger partial charge in [-0.1, -0.05) is 13.0 Å². The first kappa shape index (κ1) is 15.9. The Morgan fingerprint density at radius 3 is 2.38 bits per heavy atom. The minimum absolute atomic E-state index is 0.160. The summed E-state index contributed by atoms with van der Waals surface area (Å²) in [6, 6.07) is 3.84. The van der Waals surface area contributed by atoms with E-state index in [2.05, 4.69) is 16.6 Å². The fourth-order valence-electron chi connectivity index (χ4n) is 2.48. The second-order valence-corrected chi connectivity index (χ2v) is 4.97. The van der Waals surface area contributed by atoms with Gasteiger partial charge in [0.2, 0.25) is 0 Å². The van der Waals surface area contributed by atoms with Crippen molar-refractivity contribution in [2.45, 2.75) is 19.7 Å². The lowest BCUT2D eigenvalue weighted by molar-refractivity contribution is -0.275. The van der Waals surface area contributed by atoms with Crippen molar-refractivity contribution in [2.75, 3.05) is 37.6 Å². The highest BCUT2D eigenvalue weighted by molar-refractivity contribution is 5.53. The molecule has 1 aromatic rings. The van der Waals surface area contributed by atoms with Crippen molar-refractivity contribution in [2.24, 2.45) is 0 Å². The number of piperazine rings is 1. The van der Waals surface area contributed by atoms with E-state index in [-0.39, 0.29) is 5.69 Å². The molecule has 0 radical (unpaired) electrons. The van der Waals surface area contributed by atoms with E-state index in [4.69, 9.17) is 0 Å². The Kier molecular flexibility index (Phi) is 4.92. The molecule has 3 nitrogen and oxygen atoms in total. The molecule has 1 aliphatic heterocycles. The zero-order valence-electron chi connectivity index (χ0n) is 11.8. The Balaban J connectivity index is 2.09. The average Bonchev–Trinajstić information content (AvgIpc) is 2.41. The first-order valence-electron chi connectivity index (χ1n) is 6.92. The van der Waals surface area contributed by atoms with Crippen LogP contribution < -0.4 is 9.64 Å². The van der Waals surface area contributed by atoms with Crippen molar-refractivity contribution in [3.05, 3.63) is 24.0 Å². The van der Waals surface area contributed by atoms with Gasteiger partial charge < -0.3 is 9.64 Å². The van der Waals surface area contributed by atoms with Crippen LogP contribution in [-0.4, -0.2) is 44.0 Å². The Morgan fingerprint density at radius 2 is 1.81 bits per heavy atom. The number of halogens is 4. The van der Waals surface area contributed by atoms with Gasteiger partial charge in [-0.15, -0.1) is 13.2 Å². The summed E-state index contributed by atoms with van der Waals surface area (Å²) in [4.78, 5) is 4.01. The topological polar surface area (TPSA) is 15.7 Å². The van der Waals surface area contributed by atoms with Crippen LogP contribution in [0.5, 0.6) is 5.75 Å². The first-order chi connectivity index (χ1) is 9.90. The van der Waals surface area contributed by atoms with E-state index in [1.807, 2.05) is 0 Å². The van der Waals surface area contributed by atoms with E-state index in [1.54, 1.807) is 4.90 Å². The van der Waals surface area contributed by atoms with Crippen molar-refractivity contribution < 1.29 is 22.3 Å². The minimum Gasteiger partial charge on any atom is -0.403 e. The van der Waals surface area contributed by atoms with E-state index in [0.717, 1.165) is 32.1 Å². The van der Waals surface area contributed by atoms with Gasteiger partial charge in [0.05, 0.1) is 5.69 Å². The maximum atomic E-state index is 14.2. The van der Waals surface area contributed by atoms with Gasteiger partial charge in [-0.05, 0) is 25.1 Å². The summed E-state index contributed by atoms with van der Waals surface area (Å²) in [5.74, 6) is -1.74. The van der Waals surface area contributed by atoms with Crippen molar-refractivity contribution in [3.63, 3.8) is 0 Å². The molecule has 0 unspecified atom stereocenters. The Bertz CT molecular complexity index is 471. The van der Waals surface area contributed by atoms with Crippen molar-refractivity contribution in [1.82, 2.24) is 4.90 Å². The third kappa shape index (κ3) is 4.23. The summed E-state index contributed by atoms with van der Waals surface area (Å²) in [5, 5.41) is 0. The molecule has 2 rings (SSSR count). The van der Waals surface area contributed by atoms with E-state index in [0.29, 0.717) is 13.1 Å². The van der Waals surface area contributed by atoms with Crippen molar-refractivity contribution in [1.29, 1.82) is 0 Å². The molecule has 118 valence electrons. The summed E-state index contributed by atoms with van der Waals surface area (Å²) in [6.45, 7) is 5.80. The number of benzene rings is 1. The van der Waals surface area contributed by atoms with E-state index in [9.17, 15) is 17.6 Å². The molecule has 1 heterocycles. The van der Waals surface area contributed by atoms with Crippen molar-refractivity contribution >= 4 is 5.69 Å². The lowest BCUT2D eigenvalue weighted by Crippen LogP contribution is -2.46. The van der Waals surface area contributed by atoms with E-state index in [1.165, 1.54) is 12.1 Å². The maximum absolute atomic E-state index is 14.2. The monoisotopic (exact) mass is 306 g/mol. The van der Waals surface area contributed by atoms with Crippen LogP contribution in [0.1, 0.15) is 13.3 Å². The summed E-state index contributed by atoms with van der Waals surface area (Å²) in [6.07, 6.45) is -3.84. The molecule has 1 aromatic carbocycles. The highest BCUT2D eigenvalue weighted by atomic mass is 19.4. The fraction of sp³-hybridized carbons (Fsp3) is 0.571. The molecular weight excluding hydrogens is 288 g/mol. The first-order valence-corrected chi connectivity index (χ1v) is 6.92. The maximum Gasteiger partial charge on any atom is 0.573 e. The predicted octanol–water partition coefficient (Wildman–Crippen LogP) is 3.26. The van der Waals surface area contributed by atoms with Crippen LogP contribution in [-0.2, 0) is 0 Å². The van der Waals surface area contributed by atoms with E-state index >= 15 is 0 Å². The van der Waals surface area contributed by atoms with Crippen LogP contribution in [0, 0.1) is 5.82 Å². The molecule has 0 aliphatic carbocycles. The highest BCUT2D eigenvalue weighted by Gasteiger charge is 2.33. The Morgan fingerprint density at radius 1 is 1.14 bits per heavy atom. The summed E-state index contributed by atoms with van der Waals surface area (Å²) >= 11 is 0. The van der Waals surface area contributed by atoms with Gasteiger partial charge in [-0.3, -0.25) is 4.90 Å². The molecule has 0 atom stereocenters. The van der Waals surface area contributed by atoms with Crippen molar-refractivity contribution in [3.8, 4) is 5.75 Å². The van der Waals surface area contributed by atoms with Gasteiger partial charge in [-0.2, -0.15) is 0 Å². The molecule has 0 bridgehead atoms. The van der Waals surface area contributed by atoms with Crippen LogP contribution in [0.2, 0.25) is 0 Å². The Labute approximate surface area is 121 Å². The van der Waals surface area contributed by atoms with Crippen LogP contribution in [0.25, 0.3) is 0 Å². The Hall–Kier alpha value is -1.50. The smallest absolute Gasteiger partial charge is 0.403 e. The highest BCUT2D eigenvalue weighted by Crippen LogP contribution is 2.31. The van der Waals surface area contributed by atoms with E-state index < -0.39 is 17.9 Å². The zero-order chi connectivity index (χ0) is 15.5. The van der Waals surface area contributed by atoms with Crippen LogP contribution in [0.15, 0.2) is 18.2 Å². The summed E-state index contributed by atoms with van der Waals surface area (Å²) < 4.78 is 54.5. The number of hydrogen-bond donors (Lipinski definition) is 0. The second-order valence-electron chi connectivity index (χ2n) is 4.97. The second kappa shape index (κ2) is 6.51. The SMILES string of the molecule is CCCN1CCN(c2cccc(OC(F)(F)F)c2F)CC1. The van der Waals surface area contributed by atoms with Gasteiger partial charge in [0, 0.05) is 26.2 Å². The molecule has 21 heavy (non-hydrogen) atoms. The number of hydrogen-bond acceptors (Lipinski definition) is 3. The minimum atomic E-state index is -4.89. The molecule has 0 aromatic heterocycles. The quantitative estimate of drug-likeness (QED) is 0.794. The fourth-order valence-corrected chi connectivity index (χ4v) is 2.48. The number of nitrogens with zero attached hydrogens (tertiary/aromatic N) is 2. The van der Waals surface area contributed by atoms with Gasteiger partial charge in [0.25, 0.3) is 0 Å². The molecule has 1 fully saturated rings. The average molecular weight is 306 g/mol. The third-order valence-corrected chi connectivity index (χ3v) is 3.42. The number of ether oxygens (including phenoxy) is 1. The van der Waals surface area contributed by atoms with Crippen LogP contribution >= 0.6 is 0 Å². The normalized spacial score (nSPS) is 17.1. The van der Waals surface area contributed by atoms with Crippen LogP contribution in [0.3, 0.4) is 0 Å². The standard InChI is InChI=1S/C14H18F4N2O/c1-2-6-19-7-9-20(10-8-19)11-4-3-5-12(13(11)15)21-14(16,17)18/h3-5H,2,6-10H2,1H3. The lowest BCUT2D eigenvalue weighted by atomic mass is 10.2. The predicted molar refractivity (Wildman–Crippen MR) is 72.0 cm³/mol. The number of rotatable bonds is 4. The molecule has 0 spiro atoms. The summed E-state index contributed by atoms with van der Waals surface area (Å²) in [5.41, 5.74) is 0.160. The summed E-state index contributed by atoms with van der Waals surface area (Å²) in [7, 11) is 0. The number of alkyl halides is 3. The zero-order valence-corrected chi connectivity index (χ0v) is 11.8.